The molecule has 1 aromatic carbocycles. The smallest absolute Gasteiger partial charge is 0.0436 e. The summed E-state index contributed by atoms with van der Waals surface area (Å²) in [6.45, 7) is 3.16. The lowest BCUT2D eigenvalue weighted by Crippen LogP contribution is -2.28. The largest absolute Gasteiger partial charge is 0.308 e. The van der Waals surface area contributed by atoms with Crippen LogP contribution in [0.1, 0.15) is 25.3 Å². The van der Waals surface area contributed by atoms with Crippen LogP contribution in [0.4, 0.5) is 0 Å². The molecule has 0 amide bonds. The summed E-state index contributed by atoms with van der Waals surface area (Å²) in [5.74, 6) is 0. The molecule has 1 aliphatic rings. The van der Waals surface area contributed by atoms with Gasteiger partial charge in [-0.15, -0.1) is 0 Å². The van der Waals surface area contributed by atoms with E-state index in [4.69, 9.17) is 11.6 Å². The second kappa shape index (κ2) is 3.32. The average molecular weight is 196 g/mol. The molecule has 1 aliphatic carbocycles. The molecule has 1 N–H and O–H groups in total. The van der Waals surface area contributed by atoms with Gasteiger partial charge in [-0.2, -0.15) is 0 Å². The SMILES string of the molecule is CCNC1(c2cccc(Cl)c2)CC1. The highest BCUT2D eigenvalue weighted by atomic mass is 35.5. The Balaban J connectivity index is 2.25. The molecular weight excluding hydrogens is 182 g/mol. The third kappa shape index (κ3) is 1.72. The van der Waals surface area contributed by atoms with Crippen molar-refractivity contribution in [3.8, 4) is 0 Å². The van der Waals surface area contributed by atoms with Gasteiger partial charge in [-0.3, -0.25) is 0 Å². The molecule has 1 aromatic rings. The summed E-state index contributed by atoms with van der Waals surface area (Å²) >= 11 is 5.95. The monoisotopic (exact) mass is 195 g/mol. The first-order valence-electron chi connectivity index (χ1n) is 4.78. The van der Waals surface area contributed by atoms with E-state index in [0.717, 1.165) is 11.6 Å². The van der Waals surface area contributed by atoms with E-state index in [1.165, 1.54) is 18.4 Å². The van der Waals surface area contributed by atoms with E-state index in [1.54, 1.807) is 0 Å². The van der Waals surface area contributed by atoms with Crippen molar-refractivity contribution in [1.29, 1.82) is 0 Å². The molecule has 2 rings (SSSR count). The van der Waals surface area contributed by atoms with Gasteiger partial charge in [0, 0.05) is 10.6 Å². The normalized spacial score (nSPS) is 18.6. The van der Waals surface area contributed by atoms with E-state index in [0.29, 0.717) is 0 Å². The van der Waals surface area contributed by atoms with Crippen LogP contribution in [0.25, 0.3) is 0 Å². The van der Waals surface area contributed by atoms with Crippen molar-refractivity contribution in [3.63, 3.8) is 0 Å². The highest BCUT2D eigenvalue weighted by Gasteiger charge is 2.43. The zero-order chi connectivity index (χ0) is 9.31. The molecule has 70 valence electrons. The zero-order valence-corrected chi connectivity index (χ0v) is 8.56. The number of halogens is 1. The Kier molecular flexibility index (Phi) is 2.31. The Labute approximate surface area is 84.1 Å². The van der Waals surface area contributed by atoms with Crippen molar-refractivity contribution >= 4 is 11.6 Å². The van der Waals surface area contributed by atoms with Gasteiger partial charge in [-0.25, -0.2) is 0 Å². The highest BCUT2D eigenvalue weighted by Crippen LogP contribution is 2.45. The van der Waals surface area contributed by atoms with Gasteiger partial charge in [0.1, 0.15) is 0 Å². The number of hydrogen-bond donors (Lipinski definition) is 1. The fourth-order valence-electron chi connectivity index (χ4n) is 1.82. The Morgan fingerprint density at radius 3 is 2.77 bits per heavy atom. The van der Waals surface area contributed by atoms with Crippen LogP contribution < -0.4 is 5.32 Å². The number of rotatable bonds is 3. The molecule has 0 aliphatic heterocycles. The highest BCUT2D eigenvalue weighted by molar-refractivity contribution is 6.30. The third-order valence-corrected chi connectivity index (χ3v) is 2.88. The minimum Gasteiger partial charge on any atom is -0.308 e. The topological polar surface area (TPSA) is 12.0 Å². The van der Waals surface area contributed by atoms with Crippen LogP contribution in [0.5, 0.6) is 0 Å². The zero-order valence-electron chi connectivity index (χ0n) is 7.81. The van der Waals surface area contributed by atoms with Gasteiger partial charge in [0.05, 0.1) is 0 Å². The quantitative estimate of drug-likeness (QED) is 0.782. The van der Waals surface area contributed by atoms with Crippen molar-refractivity contribution in [2.45, 2.75) is 25.3 Å². The van der Waals surface area contributed by atoms with Gasteiger partial charge in [0.2, 0.25) is 0 Å². The molecule has 0 saturated heterocycles. The predicted octanol–water partition coefficient (Wildman–Crippen LogP) is 2.94. The molecule has 0 spiro atoms. The van der Waals surface area contributed by atoms with Crippen LogP contribution in [0.3, 0.4) is 0 Å². The van der Waals surface area contributed by atoms with Crippen LogP contribution in [0, 0.1) is 0 Å². The van der Waals surface area contributed by atoms with E-state index in [-0.39, 0.29) is 5.54 Å². The van der Waals surface area contributed by atoms with Crippen LogP contribution in [0.15, 0.2) is 24.3 Å². The summed E-state index contributed by atoms with van der Waals surface area (Å²) in [6.07, 6.45) is 2.47. The first kappa shape index (κ1) is 9.04. The first-order chi connectivity index (χ1) is 6.27. The molecular formula is C11H14ClN. The maximum atomic E-state index is 5.95. The van der Waals surface area contributed by atoms with Crippen LogP contribution in [0.2, 0.25) is 5.02 Å². The second-order valence-electron chi connectivity index (χ2n) is 3.62. The summed E-state index contributed by atoms with van der Waals surface area (Å²) in [4.78, 5) is 0. The molecule has 1 nitrogen and oxygen atoms in total. The number of nitrogens with one attached hydrogen (secondary N) is 1. The minimum absolute atomic E-state index is 0.250. The van der Waals surface area contributed by atoms with Gasteiger partial charge in [0.25, 0.3) is 0 Å². The Morgan fingerprint density at radius 2 is 2.23 bits per heavy atom. The molecule has 0 aromatic heterocycles. The van der Waals surface area contributed by atoms with Crippen LogP contribution in [-0.2, 0) is 5.54 Å². The third-order valence-electron chi connectivity index (χ3n) is 2.64. The van der Waals surface area contributed by atoms with E-state index < -0.39 is 0 Å². The van der Waals surface area contributed by atoms with E-state index in [1.807, 2.05) is 12.1 Å². The Bertz CT molecular complexity index is 305. The van der Waals surface area contributed by atoms with Gasteiger partial charge >= 0.3 is 0 Å². The van der Waals surface area contributed by atoms with Crippen molar-refractivity contribution in [2.75, 3.05) is 6.54 Å². The standard InChI is InChI=1S/C11H14ClN/c1-2-13-11(6-7-11)9-4-3-5-10(12)8-9/h3-5,8,13H,2,6-7H2,1H3. The minimum atomic E-state index is 0.250. The predicted molar refractivity (Wildman–Crippen MR) is 56.0 cm³/mol. The number of hydrogen-bond acceptors (Lipinski definition) is 1. The Morgan fingerprint density at radius 1 is 1.46 bits per heavy atom. The summed E-state index contributed by atoms with van der Waals surface area (Å²) < 4.78 is 0. The van der Waals surface area contributed by atoms with Gasteiger partial charge in [-0.1, -0.05) is 30.7 Å². The maximum absolute atomic E-state index is 5.95. The van der Waals surface area contributed by atoms with Gasteiger partial charge in [-0.05, 0) is 37.1 Å². The van der Waals surface area contributed by atoms with E-state index >= 15 is 0 Å². The van der Waals surface area contributed by atoms with Crippen molar-refractivity contribution in [1.82, 2.24) is 5.32 Å². The lowest BCUT2D eigenvalue weighted by atomic mass is 10.1. The van der Waals surface area contributed by atoms with Gasteiger partial charge in [0.15, 0.2) is 0 Å². The van der Waals surface area contributed by atoms with Crippen LogP contribution in [-0.4, -0.2) is 6.54 Å². The van der Waals surface area contributed by atoms with Crippen molar-refractivity contribution in [2.24, 2.45) is 0 Å². The molecule has 0 unspecified atom stereocenters. The van der Waals surface area contributed by atoms with Crippen molar-refractivity contribution in [3.05, 3.63) is 34.9 Å². The maximum Gasteiger partial charge on any atom is 0.0436 e. The first-order valence-corrected chi connectivity index (χ1v) is 5.16. The molecule has 0 atom stereocenters. The molecule has 0 heterocycles. The van der Waals surface area contributed by atoms with Crippen LogP contribution >= 0.6 is 11.6 Å². The summed E-state index contributed by atoms with van der Waals surface area (Å²) in [6, 6.07) is 8.17. The molecule has 0 radical (unpaired) electrons. The number of benzene rings is 1. The van der Waals surface area contributed by atoms with Gasteiger partial charge < -0.3 is 5.32 Å². The summed E-state index contributed by atoms with van der Waals surface area (Å²) in [5, 5.41) is 4.35. The van der Waals surface area contributed by atoms with E-state index in [2.05, 4.69) is 24.4 Å². The average Bonchev–Trinajstić information content (AvgIpc) is 2.86. The lowest BCUT2D eigenvalue weighted by Gasteiger charge is -2.16. The fourth-order valence-corrected chi connectivity index (χ4v) is 2.01. The molecule has 0 bridgehead atoms. The summed E-state index contributed by atoms with van der Waals surface area (Å²) in [5.41, 5.74) is 1.58. The van der Waals surface area contributed by atoms with Crippen molar-refractivity contribution < 1.29 is 0 Å². The Hall–Kier alpha value is -0.530. The lowest BCUT2D eigenvalue weighted by molar-refractivity contribution is 0.539. The fraction of sp³-hybridized carbons (Fsp3) is 0.455. The molecule has 2 heteroatoms. The second-order valence-corrected chi connectivity index (χ2v) is 4.06. The molecule has 1 fully saturated rings. The summed E-state index contributed by atoms with van der Waals surface area (Å²) in [7, 11) is 0. The molecule has 13 heavy (non-hydrogen) atoms. The van der Waals surface area contributed by atoms with E-state index in [9.17, 15) is 0 Å². The molecule has 1 saturated carbocycles.